The first-order valence-corrected chi connectivity index (χ1v) is 11.2. The number of carbonyl (C=O) groups excluding carboxylic acids is 1. The summed E-state index contributed by atoms with van der Waals surface area (Å²) in [4.78, 5) is 24.1. The van der Waals surface area contributed by atoms with Gasteiger partial charge < -0.3 is 15.0 Å². The number of aryl methyl sites for hydroxylation is 1. The standard InChI is InChI=1S/C17H20ClF3N4.C5H9NO2/c1-4-6-12-10(5-2)16(25-17(18)24-12)23-9(3)14-13(19)11(15(20)21)7-8-22-14;7-5-6-1-3-8-4-2-6/h7-9,15H,4-6H2,1-3H3,(H,23,24,25);5H,1-4H2. The van der Waals surface area contributed by atoms with Crippen molar-refractivity contribution in [3.63, 3.8) is 0 Å². The number of carbonyl (C=O) groups is 1. The van der Waals surface area contributed by atoms with Crippen molar-refractivity contribution in [2.24, 2.45) is 0 Å². The summed E-state index contributed by atoms with van der Waals surface area (Å²) in [5, 5.41) is 3.13. The van der Waals surface area contributed by atoms with Gasteiger partial charge in [-0.05, 0) is 37.4 Å². The summed E-state index contributed by atoms with van der Waals surface area (Å²) in [7, 11) is 0. The lowest BCUT2D eigenvalue weighted by Crippen LogP contribution is -2.34. The smallest absolute Gasteiger partial charge is 0.266 e. The molecule has 1 saturated heterocycles. The number of nitrogens with zero attached hydrogens (tertiary/aromatic N) is 4. The number of anilines is 1. The molecule has 0 radical (unpaired) electrons. The molecular weight excluding hydrogens is 459 g/mol. The van der Waals surface area contributed by atoms with Gasteiger partial charge in [-0.2, -0.15) is 0 Å². The summed E-state index contributed by atoms with van der Waals surface area (Å²) in [5.41, 5.74) is 0.950. The van der Waals surface area contributed by atoms with Crippen LogP contribution >= 0.6 is 11.6 Å². The number of alkyl halides is 2. The monoisotopic (exact) mass is 487 g/mol. The molecule has 1 aliphatic rings. The third kappa shape index (κ3) is 7.53. The molecule has 33 heavy (non-hydrogen) atoms. The Kier molecular flexibility index (Phi) is 10.8. The van der Waals surface area contributed by atoms with E-state index < -0.39 is 23.8 Å². The Hall–Kier alpha value is -2.46. The quantitative estimate of drug-likeness (QED) is 0.427. The molecule has 1 atom stereocenters. The van der Waals surface area contributed by atoms with Crippen LogP contribution in [0.4, 0.5) is 19.0 Å². The molecule has 1 unspecified atom stereocenters. The molecule has 0 aliphatic carbocycles. The van der Waals surface area contributed by atoms with Gasteiger partial charge in [0.15, 0.2) is 5.82 Å². The Labute approximate surface area is 196 Å². The lowest BCUT2D eigenvalue weighted by molar-refractivity contribution is -0.121. The second kappa shape index (κ2) is 13.3. The van der Waals surface area contributed by atoms with Gasteiger partial charge in [0.1, 0.15) is 5.82 Å². The summed E-state index contributed by atoms with van der Waals surface area (Å²) in [6.07, 6.45) is 1.43. The zero-order valence-corrected chi connectivity index (χ0v) is 19.7. The Balaban J connectivity index is 0.000000405. The van der Waals surface area contributed by atoms with Gasteiger partial charge in [-0.1, -0.05) is 20.3 Å². The van der Waals surface area contributed by atoms with Gasteiger partial charge in [-0.3, -0.25) is 9.78 Å². The molecular formula is C22H29ClF3N5O2. The van der Waals surface area contributed by atoms with Gasteiger partial charge in [0.25, 0.3) is 6.43 Å². The summed E-state index contributed by atoms with van der Waals surface area (Å²) in [6, 6.07) is 0.318. The molecule has 1 aliphatic heterocycles. The van der Waals surface area contributed by atoms with Crippen LogP contribution in [0.1, 0.15) is 62.2 Å². The molecule has 0 spiro atoms. The average Bonchev–Trinajstić information content (AvgIpc) is 2.80. The van der Waals surface area contributed by atoms with E-state index in [0.717, 1.165) is 49.7 Å². The zero-order valence-electron chi connectivity index (χ0n) is 19.0. The SMILES string of the molecule is CCCc1nc(Cl)nc(NC(C)c2nccc(C(F)F)c2F)c1CC.O=CN1CCOCC1. The van der Waals surface area contributed by atoms with Crippen molar-refractivity contribution in [2.75, 3.05) is 31.6 Å². The third-order valence-corrected chi connectivity index (χ3v) is 5.21. The maximum Gasteiger partial charge on any atom is 0.266 e. The number of morpholine rings is 1. The maximum atomic E-state index is 14.3. The van der Waals surface area contributed by atoms with E-state index in [-0.39, 0.29) is 11.0 Å². The van der Waals surface area contributed by atoms with Gasteiger partial charge in [-0.15, -0.1) is 0 Å². The number of pyridine rings is 1. The molecule has 1 amide bonds. The highest BCUT2D eigenvalue weighted by Crippen LogP contribution is 2.29. The highest BCUT2D eigenvalue weighted by Gasteiger charge is 2.22. The van der Waals surface area contributed by atoms with Gasteiger partial charge >= 0.3 is 0 Å². The second-order valence-corrected chi connectivity index (χ2v) is 7.73. The van der Waals surface area contributed by atoms with Crippen LogP contribution in [0, 0.1) is 5.82 Å². The van der Waals surface area contributed by atoms with E-state index in [9.17, 15) is 18.0 Å². The summed E-state index contributed by atoms with van der Waals surface area (Å²) in [6.45, 7) is 8.51. The molecule has 1 N–H and O–H groups in total. The molecule has 0 aromatic carbocycles. The van der Waals surface area contributed by atoms with Gasteiger partial charge in [0.05, 0.1) is 36.2 Å². The van der Waals surface area contributed by atoms with E-state index in [1.807, 2.05) is 13.8 Å². The molecule has 2 aromatic rings. The van der Waals surface area contributed by atoms with Crippen LogP contribution in [0.15, 0.2) is 12.3 Å². The first kappa shape index (κ1) is 26.8. The Morgan fingerprint density at radius 2 is 1.97 bits per heavy atom. The molecule has 182 valence electrons. The largest absolute Gasteiger partial charge is 0.378 e. The zero-order chi connectivity index (χ0) is 24.4. The Morgan fingerprint density at radius 1 is 1.27 bits per heavy atom. The van der Waals surface area contributed by atoms with Gasteiger partial charge in [-0.25, -0.2) is 23.1 Å². The third-order valence-electron chi connectivity index (χ3n) is 5.05. The second-order valence-electron chi connectivity index (χ2n) is 7.39. The van der Waals surface area contributed by atoms with E-state index >= 15 is 0 Å². The number of nitrogens with one attached hydrogen (secondary N) is 1. The lowest BCUT2D eigenvalue weighted by atomic mass is 10.1. The predicted molar refractivity (Wildman–Crippen MR) is 120 cm³/mol. The van der Waals surface area contributed by atoms with E-state index in [4.69, 9.17) is 16.3 Å². The van der Waals surface area contributed by atoms with Crippen LogP contribution in [0.2, 0.25) is 5.28 Å². The molecule has 3 rings (SSSR count). The predicted octanol–water partition coefficient (Wildman–Crippen LogP) is 4.76. The lowest BCUT2D eigenvalue weighted by Gasteiger charge is -2.21. The molecule has 3 heterocycles. The minimum Gasteiger partial charge on any atom is -0.378 e. The van der Waals surface area contributed by atoms with Crippen molar-refractivity contribution >= 4 is 23.8 Å². The molecule has 11 heteroatoms. The van der Waals surface area contributed by atoms with Crippen LogP contribution in [-0.4, -0.2) is 52.6 Å². The molecule has 2 aromatic heterocycles. The Morgan fingerprint density at radius 3 is 2.52 bits per heavy atom. The molecule has 0 saturated carbocycles. The van der Waals surface area contributed by atoms with Crippen LogP contribution < -0.4 is 5.32 Å². The fourth-order valence-electron chi connectivity index (χ4n) is 3.34. The first-order valence-electron chi connectivity index (χ1n) is 10.8. The first-order chi connectivity index (χ1) is 15.8. The number of hydrogen-bond donors (Lipinski definition) is 1. The number of rotatable bonds is 8. The molecule has 7 nitrogen and oxygen atoms in total. The van der Waals surface area contributed by atoms with E-state index in [0.29, 0.717) is 25.5 Å². The molecule has 0 bridgehead atoms. The molecule has 1 fully saturated rings. The summed E-state index contributed by atoms with van der Waals surface area (Å²) in [5.74, 6) is -0.536. The van der Waals surface area contributed by atoms with Gasteiger partial charge in [0.2, 0.25) is 11.7 Å². The average molecular weight is 488 g/mol. The van der Waals surface area contributed by atoms with E-state index in [1.54, 1.807) is 11.8 Å². The number of amides is 1. The maximum absolute atomic E-state index is 14.3. The number of halogens is 4. The fraction of sp³-hybridized carbons (Fsp3) is 0.545. The van der Waals surface area contributed by atoms with Crippen LogP contribution in [-0.2, 0) is 22.4 Å². The Bertz CT molecular complexity index is 914. The van der Waals surface area contributed by atoms with Crippen LogP contribution in [0.25, 0.3) is 0 Å². The van der Waals surface area contributed by atoms with E-state index in [2.05, 4.69) is 20.3 Å². The van der Waals surface area contributed by atoms with E-state index in [1.165, 1.54) is 6.20 Å². The minimum atomic E-state index is -2.90. The van der Waals surface area contributed by atoms with Crippen molar-refractivity contribution in [1.29, 1.82) is 0 Å². The number of ether oxygens (including phenoxy) is 1. The highest BCUT2D eigenvalue weighted by atomic mass is 35.5. The van der Waals surface area contributed by atoms with Crippen molar-refractivity contribution in [3.8, 4) is 0 Å². The number of hydrogen-bond acceptors (Lipinski definition) is 6. The van der Waals surface area contributed by atoms with Crippen LogP contribution in [0.3, 0.4) is 0 Å². The van der Waals surface area contributed by atoms with Crippen molar-refractivity contribution in [3.05, 3.63) is 45.9 Å². The summed E-state index contributed by atoms with van der Waals surface area (Å²) >= 11 is 5.99. The van der Waals surface area contributed by atoms with Crippen molar-refractivity contribution in [2.45, 2.75) is 52.5 Å². The topological polar surface area (TPSA) is 80.2 Å². The normalized spacial score (nSPS) is 14.5. The van der Waals surface area contributed by atoms with Gasteiger partial charge in [0, 0.05) is 24.8 Å². The van der Waals surface area contributed by atoms with Crippen LogP contribution in [0.5, 0.6) is 0 Å². The highest BCUT2D eigenvalue weighted by molar-refractivity contribution is 6.28. The van der Waals surface area contributed by atoms with Crippen molar-refractivity contribution in [1.82, 2.24) is 19.9 Å². The summed E-state index contributed by atoms with van der Waals surface area (Å²) < 4.78 is 45.1. The van der Waals surface area contributed by atoms with Crippen molar-refractivity contribution < 1.29 is 22.7 Å². The fourth-order valence-corrected chi connectivity index (χ4v) is 3.52. The minimum absolute atomic E-state index is 0.0881. The number of aromatic nitrogens is 3.